The Balaban J connectivity index is 2.29. The molecule has 2 rings (SSSR count). The number of sulfonamides is 1. The Kier molecular flexibility index (Phi) is 4.42. The predicted molar refractivity (Wildman–Crippen MR) is 79.4 cm³/mol. The molecule has 0 aliphatic heterocycles. The van der Waals surface area contributed by atoms with Crippen molar-refractivity contribution < 1.29 is 13.5 Å². The normalized spacial score (nSPS) is 13.2. The summed E-state index contributed by atoms with van der Waals surface area (Å²) in [4.78, 5) is 5.03. The van der Waals surface area contributed by atoms with Gasteiger partial charge in [-0.05, 0) is 31.0 Å². The van der Waals surface area contributed by atoms with Crippen LogP contribution in [0.4, 0.5) is 5.13 Å². The number of hydrogen-bond donors (Lipinski definition) is 2. The van der Waals surface area contributed by atoms with E-state index in [4.69, 9.17) is 0 Å². The van der Waals surface area contributed by atoms with Gasteiger partial charge >= 0.3 is 0 Å². The molecule has 0 bridgehead atoms. The summed E-state index contributed by atoms with van der Waals surface area (Å²) in [6.45, 7) is 3.69. The minimum atomic E-state index is -3.68. The molecule has 108 valence electrons. The summed E-state index contributed by atoms with van der Waals surface area (Å²) < 4.78 is 26.9. The summed E-state index contributed by atoms with van der Waals surface area (Å²) in [6.07, 6.45) is 1.48. The highest BCUT2D eigenvalue weighted by Crippen LogP contribution is 2.23. The average Bonchev–Trinajstić information content (AvgIpc) is 2.82. The summed E-state index contributed by atoms with van der Waals surface area (Å²) in [5.41, 5.74) is 0.589. The molecule has 2 N–H and O–H groups in total. The maximum atomic E-state index is 12.2. The summed E-state index contributed by atoms with van der Waals surface area (Å²) >= 11 is 1.27. The molecule has 5 nitrogen and oxygen atoms in total. The second-order valence-corrected chi connectivity index (χ2v) is 7.30. The highest BCUT2D eigenvalue weighted by atomic mass is 32.2. The summed E-state index contributed by atoms with van der Waals surface area (Å²) in [7, 11) is -3.68. The Morgan fingerprint density at radius 1 is 1.45 bits per heavy atom. The van der Waals surface area contributed by atoms with Crippen molar-refractivity contribution in [3.05, 3.63) is 40.9 Å². The standard InChI is InChI=1S/C13H16N2O3S2/c1-3-12(16)10-5-4-6-11(7-10)20(17,18)15-13-14-8-9(2)19-13/h4-8,12,16H,3H2,1-2H3,(H,14,15). The molecule has 0 radical (unpaired) electrons. The molecule has 1 aromatic carbocycles. The van der Waals surface area contributed by atoms with Crippen molar-refractivity contribution in [3.8, 4) is 0 Å². The van der Waals surface area contributed by atoms with Gasteiger partial charge in [-0.25, -0.2) is 13.4 Å². The fourth-order valence-corrected chi connectivity index (χ4v) is 3.66. The monoisotopic (exact) mass is 312 g/mol. The first-order valence-electron chi connectivity index (χ1n) is 6.15. The largest absolute Gasteiger partial charge is 0.388 e. The van der Waals surface area contributed by atoms with Crippen LogP contribution in [0.15, 0.2) is 35.4 Å². The summed E-state index contributed by atoms with van der Waals surface area (Å²) in [5, 5.41) is 10.1. The number of rotatable bonds is 5. The van der Waals surface area contributed by atoms with Gasteiger partial charge < -0.3 is 5.11 Å². The third-order valence-corrected chi connectivity index (χ3v) is 5.08. The SMILES string of the molecule is CCC(O)c1cccc(S(=O)(=O)Nc2ncc(C)s2)c1. The number of anilines is 1. The van der Waals surface area contributed by atoms with Gasteiger partial charge in [0.15, 0.2) is 5.13 Å². The van der Waals surface area contributed by atoms with Gasteiger partial charge in [0, 0.05) is 11.1 Å². The first kappa shape index (κ1) is 15.0. The number of nitrogens with one attached hydrogen (secondary N) is 1. The van der Waals surface area contributed by atoms with Crippen LogP contribution in [0, 0.1) is 6.92 Å². The third-order valence-electron chi connectivity index (χ3n) is 2.78. The van der Waals surface area contributed by atoms with Crippen molar-refractivity contribution in [2.24, 2.45) is 0 Å². The van der Waals surface area contributed by atoms with Crippen LogP contribution in [0.1, 0.15) is 29.9 Å². The van der Waals surface area contributed by atoms with Crippen molar-refractivity contribution in [2.75, 3.05) is 4.72 Å². The molecule has 0 fully saturated rings. The first-order chi connectivity index (χ1) is 9.42. The fraction of sp³-hybridized carbons (Fsp3) is 0.308. The molecule has 0 saturated carbocycles. The van der Waals surface area contributed by atoms with E-state index in [0.29, 0.717) is 17.1 Å². The van der Waals surface area contributed by atoms with Crippen LogP contribution < -0.4 is 4.72 Å². The van der Waals surface area contributed by atoms with E-state index in [1.807, 2.05) is 13.8 Å². The maximum absolute atomic E-state index is 12.2. The Bertz CT molecular complexity index is 695. The number of aliphatic hydroxyl groups excluding tert-OH is 1. The van der Waals surface area contributed by atoms with E-state index >= 15 is 0 Å². The lowest BCUT2D eigenvalue weighted by atomic mass is 10.1. The number of thiazole rings is 1. The zero-order chi connectivity index (χ0) is 14.8. The van der Waals surface area contributed by atoms with Crippen LogP contribution in [0.5, 0.6) is 0 Å². The number of aromatic nitrogens is 1. The van der Waals surface area contributed by atoms with Crippen molar-refractivity contribution in [1.29, 1.82) is 0 Å². The summed E-state index contributed by atoms with van der Waals surface area (Å²) in [5.74, 6) is 0. The Morgan fingerprint density at radius 2 is 2.20 bits per heavy atom. The molecule has 2 aromatic rings. The Labute approximate surface area is 122 Å². The predicted octanol–water partition coefficient (Wildman–Crippen LogP) is 2.70. The molecule has 0 aliphatic carbocycles. The van der Waals surface area contributed by atoms with E-state index in [1.54, 1.807) is 18.3 Å². The van der Waals surface area contributed by atoms with E-state index in [9.17, 15) is 13.5 Å². The molecule has 0 amide bonds. The van der Waals surface area contributed by atoms with Gasteiger partial charge in [-0.2, -0.15) is 0 Å². The lowest BCUT2D eigenvalue weighted by Gasteiger charge is -2.10. The highest BCUT2D eigenvalue weighted by Gasteiger charge is 2.17. The molecule has 1 aromatic heterocycles. The van der Waals surface area contributed by atoms with Crippen LogP contribution in [-0.2, 0) is 10.0 Å². The first-order valence-corrected chi connectivity index (χ1v) is 8.45. The molecule has 20 heavy (non-hydrogen) atoms. The fourth-order valence-electron chi connectivity index (χ4n) is 1.70. The molecule has 0 spiro atoms. The third kappa shape index (κ3) is 3.36. The van der Waals surface area contributed by atoms with Gasteiger partial charge in [-0.1, -0.05) is 19.1 Å². The van der Waals surface area contributed by atoms with Gasteiger partial charge in [0.2, 0.25) is 0 Å². The minimum Gasteiger partial charge on any atom is -0.388 e. The molecule has 7 heteroatoms. The smallest absolute Gasteiger partial charge is 0.263 e. The number of aryl methyl sites for hydroxylation is 1. The highest BCUT2D eigenvalue weighted by molar-refractivity contribution is 7.93. The van der Waals surface area contributed by atoms with Crippen molar-refractivity contribution in [3.63, 3.8) is 0 Å². The van der Waals surface area contributed by atoms with E-state index in [-0.39, 0.29) is 4.90 Å². The van der Waals surface area contributed by atoms with Crippen LogP contribution >= 0.6 is 11.3 Å². The summed E-state index contributed by atoms with van der Waals surface area (Å²) in [6, 6.07) is 6.31. The van der Waals surface area contributed by atoms with Gasteiger partial charge in [-0.15, -0.1) is 11.3 Å². The number of benzene rings is 1. The molecule has 1 unspecified atom stereocenters. The second kappa shape index (κ2) is 5.90. The van der Waals surface area contributed by atoms with Gasteiger partial charge in [0.25, 0.3) is 10.0 Å². The molecule has 0 saturated heterocycles. The second-order valence-electron chi connectivity index (χ2n) is 4.38. The van der Waals surface area contributed by atoms with Crippen LogP contribution in [0.3, 0.4) is 0 Å². The van der Waals surface area contributed by atoms with Crippen molar-refractivity contribution in [1.82, 2.24) is 4.98 Å². The number of hydrogen-bond acceptors (Lipinski definition) is 5. The zero-order valence-corrected chi connectivity index (χ0v) is 12.8. The van der Waals surface area contributed by atoms with Crippen LogP contribution in [-0.4, -0.2) is 18.5 Å². The molecule has 0 aliphatic rings. The van der Waals surface area contributed by atoms with E-state index < -0.39 is 16.1 Å². The van der Waals surface area contributed by atoms with Crippen LogP contribution in [0.2, 0.25) is 0 Å². The van der Waals surface area contributed by atoms with Crippen LogP contribution in [0.25, 0.3) is 0 Å². The van der Waals surface area contributed by atoms with Gasteiger partial charge in [0.1, 0.15) is 0 Å². The molecular weight excluding hydrogens is 296 g/mol. The van der Waals surface area contributed by atoms with E-state index in [0.717, 1.165) is 4.88 Å². The zero-order valence-electron chi connectivity index (χ0n) is 11.2. The molecular formula is C13H16N2O3S2. The molecule has 1 heterocycles. The Morgan fingerprint density at radius 3 is 2.80 bits per heavy atom. The van der Waals surface area contributed by atoms with Gasteiger partial charge in [-0.3, -0.25) is 4.72 Å². The quantitative estimate of drug-likeness (QED) is 0.889. The Hall–Kier alpha value is -1.44. The average molecular weight is 312 g/mol. The lowest BCUT2D eigenvalue weighted by Crippen LogP contribution is -2.13. The molecule has 1 atom stereocenters. The number of nitrogens with zero attached hydrogens (tertiary/aromatic N) is 1. The lowest BCUT2D eigenvalue weighted by molar-refractivity contribution is 0.173. The topological polar surface area (TPSA) is 79.3 Å². The van der Waals surface area contributed by atoms with E-state index in [1.165, 1.54) is 23.5 Å². The van der Waals surface area contributed by atoms with Gasteiger partial charge in [0.05, 0.1) is 11.0 Å². The maximum Gasteiger partial charge on any atom is 0.263 e. The van der Waals surface area contributed by atoms with E-state index in [2.05, 4.69) is 9.71 Å². The number of aliphatic hydroxyl groups is 1. The minimum absolute atomic E-state index is 0.121. The van der Waals surface area contributed by atoms with Crippen molar-refractivity contribution in [2.45, 2.75) is 31.3 Å². The van der Waals surface area contributed by atoms with Crippen molar-refractivity contribution >= 4 is 26.5 Å².